The van der Waals surface area contributed by atoms with Crippen molar-refractivity contribution in [2.75, 3.05) is 13.1 Å². The summed E-state index contributed by atoms with van der Waals surface area (Å²) in [6, 6.07) is 0. The van der Waals surface area contributed by atoms with Gasteiger partial charge in [-0.25, -0.2) is 0 Å². The highest BCUT2D eigenvalue weighted by Crippen LogP contribution is 2.30. The summed E-state index contributed by atoms with van der Waals surface area (Å²) >= 11 is 6.13. The molecule has 0 aliphatic heterocycles. The highest BCUT2D eigenvalue weighted by molar-refractivity contribution is 6.34. The molecule has 0 radical (unpaired) electrons. The molecule has 4 nitrogen and oxygen atoms in total. The fourth-order valence-electron chi connectivity index (χ4n) is 2.88. The Morgan fingerprint density at radius 1 is 1.32 bits per heavy atom. The van der Waals surface area contributed by atoms with Gasteiger partial charge < -0.3 is 0 Å². The molecule has 0 fully saturated rings. The van der Waals surface area contributed by atoms with Crippen molar-refractivity contribution in [3.8, 4) is 0 Å². The maximum atomic E-state index is 13.0. The number of nitrogens with zero attached hydrogens (tertiary/aromatic N) is 3. The van der Waals surface area contributed by atoms with Crippen LogP contribution < -0.4 is 0 Å². The van der Waals surface area contributed by atoms with Crippen LogP contribution in [0, 0.1) is 0 Å². The Hall–Kier alpha value is -0.870. The molecule has 0 atom stereocenters. The van der Waals surface area contributed by atoms with E-state index in [1.54, 1.807) is 11.7 Å². The van der Waals surface area contributed by atoms with Crippen LogP contribution in [0.5, 0.6) is 0 Å². The van der Waals surface area contributed by atoms with Crippen LogP contribution in [-0.2, 0) is 7.05 Å². The van der Waals surface area contributed by atoms with Gasteiger partial charge in [-0.1, -0.05) is 39.3 Å². The van der Waals surface area contributed by atoms with Gasteiger partial charge in [0.1, 0.15) is 5.69 Å². The van der Waals surface area contributed by atoms with E-state index in [0.717, 1.165) is 25.9 Å². The number of likely N-dealkylation sites (N-methyl/N-ethyl adjacent to an activating group) is 1. The predicted octanol–water partition coefficient (Wildman–Crippen LogP) is 3.16. The quantitative estimate of drug-likeness (QED) is 0.722. The van der Waals surface area contributed by atoms with E-state index < -0.39 is 5.54 Å². The van der Waals surface area contributed by atoms with Gasteiger partial charge in [0.05, 0.1) is 16.8 Å². The van der Waals surface area contributed by atoms with Crippen LogP contribution in [0.2, 0.25) is 5.02 Å². The second kappa shape index (κ2) is 6.53. The Labute approximate surface area is 120 Å². The van der Waals surface area contributed by atoms with Crippen molar-refractivity contribution in [2.24, 2.45) is 7.05 Å². The van der Waals surface area contributed by atoms with Gasteiger partial charge in [-0.05, 0) is 25.9 Å². The van der Waals surface area contributed by atoms with E-state index in [4.69, 9.17) is 11.6 Å². The Balaban J connectivity index is 3.30. The lowest BCUT2D eigenvalue weighted by Gasteiger charge is -2.40. The smallest absolute Gasteiger partial charge is 0.202 e. The maximum Gasteiger partial charge on any atom is 0.202 e. The van der Waals surface area contributed by atoms with Gasteiger partial charge in [-0.15, -0.1) is 0 Å². The molecule has 0 aromatic carbocycles. The first-order valence-corrected chi connectivity index (χ1v) is 7.33. The Morgan fingerprint density at radius 3 is 2.16 bits per heavy atom. The lowest BCUT2D eigenvalue weighted by molar-refractivity contribution is 0.0525. The molecule has 0 aliphatic rings. The van der Waals surface area contributed by atoms with Crippen LogP contribution in [0.15, 0.2) is 6.20 Å². The maximum absolute atomic E-state index is 13.0. The molecule has 0 unspecified atom stereocenters. The molecular formula is C14H24ClN3O. The van der Waals surface area contributed by atoms with E-state index in [-0.39, 0.29) is 5.78 Å². The topological polar surface area (TPSA) is 38.1 Å². The summed E-state index contributed by atoms with van der Waals surface area (Å²) in [5.74, 6) is 0.0752. The molecule has 5 heteroatoms. The zero-order valence-electron chi connectivity index (χ0n) is 12.5. The lowest BCUT2D eigenvalue weighted by atomic mass is 9.84. The molecule has 0 N–H and O–H groups in total. The van der Waals surface area contributed by atoms with Crippen LogP contribution in [0.3, 0.4) is 0 Å². The highest BCUT2D eigenvalue weighted by atomic mass is 35.5. The SMILES string of the molecule is CCN(CC)C(CC)(CC)C(=O)c1c(Cl)cnn1C. The van der Waals surface area contributed by atoms with Crippen molar-refractivity contribution in [3.05, 3.63) is 16.9 Å². The molecule has 0 saturated heterocycles. The predicted molar refractivity (Wildman–Crippen MR) is 78.8 cm³/mol. The van der Waals surface area contributed by atoms with Crippen molar-refractivity contribution in [1.82, 2.24) is 14.7 Å². The molecule has 108 valence electrons. The number of rotatable bonds is 7. The van der Waals surface area contributed by atoms with Crippen molar-refractivity contribution in [1.29, 1.82) is 0 Å². The number of Topliss-reactive ketones (excluding diaryl/α,β-unsaturated/α-hetero) is 1. The van der Waals surface area contributed by atoms with Crippen LogP contribution in [0.1, 0.15) is 51.0 Å². The minimum atomic E-state index is -0.485. The standard InChI is InChI=1S/C14H24ClN3O/c1-6-14(7-2,18(8-3)9-4)13(19)12-11(15)10-16-17(12)5/h10H,6-9H2,1-5H3. The first-order chi connectivity index (χ1) is 8.98. The molecule has 0 saturated carbocycles. The minimum Gasteiger partial charge on any atom is -0.291 e. The number of halogens is 1. The van der Waals surface area contributed by atoms with E-state index in [9.17, 15) is 4.79 Å². The molecule has 1 heterocycles. The second-order valence-corrected chi connectivity index (χ2v) is 5.11. The van der Waals surface area contributed by atoms with Gasteiger partial charge in [0, 0.05) is 7.05 Å². The molecule has 0 amide bonds. The van der Waals surface area contributed by atoms with Crippen LogP contribution in [-0.4, -0.2) is 39.1 Å². The second-order valence-electron chi connectivity index (χ2n) is 4.70. The summed E-state index contributed by atoms with van der Waals surface area (Å²) in [7, 11) is 1.76. The normalized spacial score (nSPS) is 12.2. The molecule has 1 aromatic heterocycles. The third kappa shape index (κ3) is 2.70. The number of ketones is 1. The van der Waals surface area contributed by atoms with Crippen molar-refractivity contribution < 1.29 is 4.79 Å². The Morgan fingerprint density at radius 2 is 1.84 bits per heavy atom. The molecule has 1 rings (SSSR count). The number of aryl methyl sites for hydroxylation is 1. The monoisotopic (exact) mass is 285 g/mol. The highest BCUT2D eigenvalue weighted by Gasteiger charge is 2.41. The van der Waals surface area contributed by atoms with E-state index in [2.05, 4.69) is 37.7 Å². The fourth-order valence-corrected chi connectivity index (χ4v) is 3.13. The molecule has 1 aromatic rings. The molecule has 0 spiro atoms. The van der Waals surface area contributed by atoms with Gasteiger partial charge in [-0.2, -0.15) is 5.10 Å². The van der Waals surface area contributed by atoms with E-state index >= 15 is 0 Å². The third-order valence-electron chi connectivity index (χ3n) is 4.07. The molecule has 19 heavy (non-hydrogen) atoms. The van der Waals surface area contributed by atoms with E-state index in [0.29, 0.717) is 10.7 Å². The van der Waals surface area contributed by atoms with Crippen molar-refractivity contribution in [3.63, 3.8) is 0 Å². The Bertz CT molecular complexity index is 414. The van der Waals surface area contributed by atoms with Crippen LogP contribution in [0.25, 0.3) is 0 Å². The lowest BCUT2D eigenvalue weighted by Crippen LogP contribution is -2.54. The van der Waals surface area contributed by atoms with Crippen molar-refractivity contribution in [2.45, 2.75) is 46.1 Å². The largest absolute Gasteiger partial charge is 0.291 e. The Kier molecular flexibility index (Phi) is 5.56. The van der Waals surface area contributed by atoms with Gasteiger partial charge in [0.2, 0.25) is 5.78 Å². The fraction of sp³-hybridized carbons (Fsp3) is 0.714. The summed E-state index contributed by atoms with van der Waals surface area (Å²) in [4.78, 5) is 15.2. The summed E-state index contributed by atoms with van der Waals surface area (Å²) in [6.07, 6.45) is 3.07. The van der Waals surface area contributed by atoms with Gasteiger partial charge in [0.15, 0.2) is 0 Å². The van der Waals surface area contributed by atoms with Crippen molar-refractivity contribution >= 4 is 17.4 Å². The molecule has 0 bridgehead atoms. The van der Waals surface area contributed by atoms with Crippen LogP contribution >= 0.6 is 11.6 Å². The summed E-state index contributed by atoms with van der Waals surface area (Å²) in [5, 5.41) is 4.51. The third-order valence-corrected chi connectivity index (χ3v) is 4.35. The van der Waals surface area contributed by atoms with Gasteiger partial charge >= 0.3 is 0 Å². The molecule has 0 aliphatic carbocycles. The summed E-state index contributed by atoms with van der Waals surface area (Å²) < 4.78 is 1.58. The van der Waals surface area contributed by atoms with Crippen LogP contribution in [0.4, 0.5) is 0 Å². The number of carbonyl (C=O) groups excluding carboxylic acids is 1. The number of hydrogen-bond acceptors (Lipinski definition) is 3. The van der Waals surface area contributed by atoms with E-state index in [1.807, 2.05) is 0 Å². The summed E-state index contributed by atoms with van der Waals surface area (Å²) in [6.45, 7) is 9.98. The zero-order valence-corrected chi connectivity index (χ0v) is 13.3. The average Bonchev–Trinajstić information content (AvgIpc) is 2.75. The number of aromatic nitrogens is 2. The van der Waals surface area contributed by atoms with E-state index in [1.165, 1.54) is 6.20 Å². The van der Waals surface area contributed by atoms with Gasteiger partial charge in [0.25, 0.3) is 0 Å². The molecular weight excluding hydrogens is 262 g/mol. The minimum absolute atomic E-state index is 0.0752. The number of carbonyl (C=O) groups is 1. The average molecular weight is 286 g/mol. The first-order valence-electron chi connectivity index (χ1n) is 6.95. The summed E-state index contributed by atoms with van der Waals surface area (Å²) in [5.41, 5.74) is 0.0262. The zero-order chi connectivity index (χ0) is 14.6. The number of hydrogen-bond donors (Lipinski definition) is 0. The van der Waals surface area contributed by atoms with Gasteiger partial charge in [-0.3, -0.25) is 14.4 Å². The first kappa shape index (κ1) is 16.2.